The van der Waals surface area contributed by atoms with Gasteiger partial charge in [0.25, 0.3) is 5.91 Å². The van der Waals surface area contributed by atoms with Crippen molar-refractivity contribution in [2.75, 3.05) is 40.4 Å². The second kappa shape index (κ2) is 6.47. The SMILES string of the molecule is COc1ccc(C(=O)N2CCN(C=O)CC2)c(OC)c1C. The molecule has 0 spiro atoms. The first kappa shape index (κ1) is 15.2. The molecule has 2 rings (SSSR count). The predicted octanol–water partition coefficient (Wildman–Crippen LogP) is 0.926. The molecule has 0 bridgehead atoms. The molecule has 6 nitrogen and oxygen atoms in total. The van der Waals surface area contributed by atoms with Crippen molar-refractivity contribution in [3.8, 4) is 11.5 Å². The highest BCUT2D eigenvalue weighted by Crippen LogP contribution is 2.32. The van der Waals surface area contributed by atoms with Crippen LogP contribution >= 0.6 is 0 Å². The van der Waals surface area contributed by atoms with Gasteiger partial charge in [-0.2, -0.15) is 0 Å². The molecule has 2 amide bonds. The third kappa shape index (κ3) is 2.94. The summed E-state index contributed by atoms with van der Waals surface area (Å²) < 4.78 is 10.6. The van der Waals surface area contributed by atoms with E-state index in [0.29, 0.717) is 43.2 Å². The summed E-state index contributed by atoms with van der Waals surface area (Å²) >= 11 is 0. The van der Waals surface area contributed by atoms with Gasteiger partial charge in [0.2, 0.25) is 6.41 Å². The van der Waals surface area contributed by atoms with E-state index >= 15 is 0 Å². The van der Waals surface area contributed by atoms with Gasteiger partial charge in [0, 0.05) is 31.7 Å². The zero-order valence-electron chi connectivity index (χ0n) is 12.6. The monoisotopic (exact) mass is 292 g/mol. The van der Waals surface area contributed by atoms with Crippen LogP contribution in [0.5, 0.6) is 11.5 Å². The van der Waals surface area contributed by atoms with Gasteiger partial charge < -0.3 is 19.3 Å². The zero-order chi connectivity index (χ0) is 15.4. The number of carbonyl (C=O) groups is 2. The van der Waals surface area contributed by atoms with Crippen molar-refractivity contribution in [1.29, 1.82) is 0 Å². The van der Waals surface area contributed by atoms with Crippen molar-refractivity contribution < 1.29 is 19.1 Å². The molecular weight excluding hydrogens is 272 g/mol. The van der Waals surface area contributed by atoms with Crippen molar-refractivity contribution in [2.45, 2.75) is 6.92 Å². The topological polar surface area (TPSA) is 59.1 Å². The molecule has 0 unspecified atom stereocenters. The van der Waals surface area contributed by atoms with Crippen LogP contribution in [0.15, 0.2) is 12.1 Å². The van der Waals surface area contributed by atoms with Crippen LogP contribution in [0.25, 0.3) is 0 Å². The third-order valence-electron chi connectivity index (χ3n) is 3.76. The fourth-order valence-electron chi connectivity index (χ4n) is 2.53. The highest BCUT2D eigenvalue weighted by molar-refractivity contribution is 5.97. The van der Waals surface area contributed by atoms with Gasteiger partial charge in [-0.15, -0.1) is 0 Å². The van der Waals surface area contributed by atoms with Gasteiger partial charge >= 0.3 is 0 Å². The smallest absolute Gasteiger partial charge is 0.257 e. The van der Waals surface area contributed by atoms with Crippen molar-refractivity contribution in [3.63, 3.8) is 0 Å². The molecule has 114 valence electrons. The molecular formula is C15H20N2O4. The number of methoxy groups -OCH3 is 2. The Kier molecular flexibility index (Phi) is 4.67. The van der Waals surface area contributed by atoms with E-state index in [-0.39, 0.29) is 5.91 Å². The number of piperazine rings is 1. The molecule has 1 aliphatic heterocycles. The minimum atomic E-state index is -0.0804. The summed E-state index contributed by atoms with van der Waals surface area (Å²) in [7, 11) is 3.13. The Morgan fingerprint density at radius 3 is 2.33 bits per heavy atom. The molecule has 6 heteroatoms. The quantitative estimate of drug-likeness (QED) is 0.775. The Labute approximate surface area is 124 Å². The van der Waals surface area contributed by atoms with E-state index in [2.05, 4.69) is 0 Å². The number of rotatable bonds is 4. The number of amides is 2. The molecule has 1 saturated heterocycles. The summed E-state index contributed by atoms with van der Waals surface area (Å²) in [6, 6.07) is 3.49. The minimum absolute atomic E-state index is 0.0804. The lowest BCUT2D eigenvalue weighted by Gasteiger charge is -2.33. The molecule has 1 aromatic carbocycles. The largest absolute Gasteiger partial charge is 0.496 e. The highest BCUT2D eigenvalue weighted by Gasteiger charge is 2.25. The standard InChI is InChI=1S/C15H20N2O4/c1-11-13(20-2)5-4-12(14(11)21-3)15(19)17-8-6-16(10-18)7-9-17/h4-5,10H,6-9H2,1-3H3. The molecule has 0 saturated carbocycles. The van der Waals surface area contributed by atoms with Gasteiger partial charge in [0.1, 0.15) is 11.5 Å². The third-order valence-corrected chi connectivity index (χ3v) is 3.76. The van der Waals surface area contributed by atoms with E-state index < -0.39 is 0 Å². The van der Waals surface area contributed by atoms with Gasteiger partial charge in [-0.25, -0.2) is 0 Å². The van der Waals surface area contributed by atoms with Crippen LogP contribution in [-0.2, 0) is 4.79 Å². The lowest BCUT2D eigenvalue weighted by molar-refractivity contribution is -0.119. The summed E-state index contributed by atoms with van der Waals surface area (Å²) in [4.78, 5) is 26.7. The Morgan fingerprint density at radius 1 is 1.14 bits per heavy atom. The van der Waals surface area contributed by atoms with Gasteiger partial charge in [-0.05, 0) is 19.1 Å². The number of hydrogen-bond donors (Lipinski definition) is 0. The molecule has 1 aromatic rings. The van der Waals surface area contributed by atoms with Gasteiger partial charge in [0.05, 0.1) is 19.8 Å². The van der Waals surface area contributed by atoms with Crippen LogP contribution < -0.4 is 9.47 Å². The van der Waals surface area contributed by atoms with Crippen LogP contribution in [0.4, 0.5) is 0 Å². The van der Waals surface area contributed by atoms with Crippen LogP contribution in [0, 0.1) is 6.92 Å². The normalized spacial score (nSPS) is 14.8. The minimum Gasteiger partial charge on any atom is -0.496 e. The van der Waals surface area contributed by atoms with Crippen LogP contribution in [0.2, 0.25) is 0 Å². The van der Waals surface area contributed by atoms with Gasteiger partial charge in [-0.1, -0.05) is 0 Å². The fraction of sp³-hybridized carbons (Fsp3) is 0.467. The van der Waals surface area contributed by atoms with Gasteiger partial charge in [-0.3, -0.25) is 9.59 Å². The van der Waals surface area contributed by atoms with E-state index in [1.165, 1.54) is 0 Å². The predicted molar refractivity (Wildman–Crippen MR) is 77.8 cm³/mol. The number of nitrogens with zero attached hydrogens (tertiary/aromatic N) is 2. The Bertz CT molecular complexity index is 537. The highest BCUT2D eigenvalue weighted by atomic mass is 16.5. The first-order chi connectivity index (χ1) is 10.1. The van der Waals surface area contributed by atoms with Crippen molar-refractivity contribution in [1.82, 2.24) is 9.80 Å². The average Bonchev–Trinajstić information content (AvgIpc) is 2.54. The molecule has 1 heterocycles. The summed E-state index contributed by atoms with van der Waals surface area (Å²) in [6.45, 7) is 4.05. The van der Waals surface area contributed by atoms with Crippen molar-refractivity contribution >= 4 is 12.3 Å². The molecule has 0 radical (unpaired) electrons. The van der Waals surface area contributed by atoms with Gasteiger partial charge in [0.15, 0.2) is 0 Å². The molecule has 21 heavy (non-hydrogen) atoms. The fourth-order valence-corrected chi connectivity index (χ4v) is 2.53. The van der Waals surface area contributed by atoms with Crippen molar-refractivity contribution in [2.24, 2.45) is 0 Å². The maximum atomic E-state index is 12.6. The maximum absolute atomic E-state index is 12.6. The number of hydrogen-bond acceptors (Lipinski definition) is 4. The van der Waals surface area contributed by atoms with Crippen LogP contribution in [0.3, 0.4) is 0 Å². The summed E-state index contributed by atoms with van der Waals surface area (Å²) in [5.74, 6) is 1.15. The maximum Gasteiger partial charge on any atom is 0.257 e. The summed E-state index contributed by atoms with van der Waals surface area (Å²) in [5.41, 5.74) is 1.33. The van der Waals surface area contributed by atoms with E-state index in [1.54, 1.807) is 36.2 Å². The van der Waals surface area contributed by atoms with Crippen LogP contribution in [0.1, 0.15) is 15.9 Å². The summed E-state index contributed by atoms with van der Waals surface area (Å²) in [5, 5.41) is 0. The molecule has 0 aliphatic carbocycles. The lowest BCUT2D eigenvalue weighted by atomic mass is 10.1. The second-order valence-corrected chi connectivity index (χ2v) is 4.91. The lowest BCUT2D eigenvalue weighted by Crippen LogP contribution is -2.48. The second-order valence-electron chi connectivity index (χ2n) is 4.91. The molecule has 0 aromatic heterocycles. The van der Waals surface area contributed by atoms with Crippen LogP contribution in [-0.4, -0.2) is 62.5 Å². The molecule has 0 N–H and O–H groups in total. The first-order valence-electron chi connectivity index (χ1n) is 6.82. The van der Waals surface area contributed by atoms with E-state index in [0.717, 1.165) is 12.0 Å². The first-order valence-corrected chi connectivity index (χ1v) is 6.82. The Hall–Kier alpha value is -2.24. The number of ether oxygens (including phenoxy) is 2. The molecule has 0 atom stereocenters. The average molecular weight is 292 g/mol. The van der Waals surface area contributed by atoms with E-state index in [9.17, 15) is 9.59 Å². The number of carbonyl (C=O) groups excluding carboxylic acids is 2. The Morgan fingerprint density at radius 2 is 1.81 bits per heavy atom. The summed E-state index contributed by atoms with van der Waals surface area (Å²) in [6.07, 6.45) is 0.819. The van der Waals surface area contributed by atoms with Crippen molar-refractivity contribution in [3.05, 3.63) is 23.3 Å². The molecule has 1 aliphatic rings. The van der Waals surface area contributed by atoms with E-state index in [4.69, 9.17) is 9.47 Å². The van der Waals surface area contributed by atoms with E-state index in [1.807, 2.05) is 6.92 Å². The Balaban J connectivity index is 2.23. The number of benzene rings is 1. The zero-order valence-corrected chi connectivity index (χ0v) is 12.6. The molecule has 1 fully saturated rings.